The Hall–Kier alpha value is -1.01. The van der Waals surface area contributed by atoms with E-state index in [0.717, 1.165) is 38.5 Å². The van der Waals surface area contributed by atoms with Crippen molar-refractivity contribution in [3.8, 4) is 0 Å². The third-order valence-corrected chi connectivity index (χ3v) is 2.77. The van der Waals surface area contributed by atoms with Gasteiger partial charge in [-0.3, -0.25) is 0 Å². The quantitative estimate of drug-likeness (QED) is 0.710. The second-order valence-corrected chi connectivity index (χ2v) is 4.08. The molecule has 0 aliphatic carbocycles. The van der Waals surface area contributed by atoms with E-state index in [9.17, 15) is 0 Å². The van der Waals surface area contributed by atoms with E-state index >= 15 is 0 Å². The van der Waals surface area contributed by atoms with Crippen molar-refractivity contribution in [2.24, 2.45) is 0 Å². The lowest BCUT2D eigenvalue weighted by molar-refractivity contribution is 0.275. The number of aromatic amines is 1. The van der Waals surface area contributed by atoms with E-state index in [1.165, 1.54) is 6.42 Å². The first-order valence-corrected chi connectivity index (χ1v) is 5.52. The number of nitrogens with one attached hydrogen (secondary N) is 2. The van der Waals surface area contributed by atoms with Crippen LogP contribution in [0.15, 0.2) is 0 Å². The Labute approximate surface area is 89.4 Å². The molecule has 6 nitrogen and oxygen atoms in total. The maximum atomic E-state index is 4.02. The fraction of sp³-hybridized carbons (Fsp3) is 0.889. The topological polar surface area (TPSA) is 69.7 Å². The van der Waals surface area contributed by atoms with E-state index < -0.39 is 0 Å². The molecule has 0 spiro atoms. The standard InChI is InChI=1S/C9H18N6/c1-8(9-11-13-14-12-9)7-15-5-2-3-10-4-6-15/h8,10H,2-7H2,1H3,(H,11,12,13,14). The molecule has 0 bridgehead atoms. The second kappa shape index (κ2) is 5.18. The number of nitrogens with zero attached hydrogens (tertiary/aromatic N) is 4. The number of hydrogen-bond donors (Lipinski definition) is 2. The van der Waals surface area contributed by atoms with Crippen LogP contribution in [-0.2, 0) is 0 Å². The average molecular weight is 210 g/mol. The fourth-order valence-electron chi connectivity index (χ4n) is 1.93. The minimum Gasteiger partial charge on any atom is -0.315 e. The highest BCUT2D eigenvalue weighted by molar-refractivity contribution is 4.89. The minimum atomic E-state index is 0.349. The number of aromatic nitrogens is 4. The van der Waals surface area contributed by atoms with Gasteiger partial charge in [-0.2, -0.15) is 5.21 Å². The molecule has 1 aromatic heterocycles. The molecule has 1 atom stereocenters. The van der Waals surface area contributed by atoms with Crippen LogP contribution in [0.2, 0.25) is 0 Å². The van der Waals surface area contributed by atoms with Crippen LogP contribution in [0.4, 0.5) is 0 Å². The molecule has 0 saturated carbocycles. The van der Waals surface area contributed by atoms with Gasteiger partial charge < -0.3 is 10.2 Å². The summed E-state index contributed by atoms with van der Waals surface area (Å²) in [7, 11) is 0. The summed E-state index contributed by atoms with van der Waals surface area (Å²) in [6.07, 6.45) is 1.22. The molecule has 2 N–H and O–H groups in total. The molecule has 6 heteroatoms. The van der Waals surface area contributed by atoms with Gasteiger partial charge in [0.1, 0.15) is 0 Å². The summed E-state index contributed by atoms with van der Waals surface area (Å²) >= 11 is 0. The van der Waals surface area contributed by atoms with Gasteiger partial charge in [-0.15, -0.1) is 10.2 Å². The zero-order valence-corrected chi connectivity index (χ0v) is 9.11. The molecule has 1 fully saturated rings. The van der Waals surface area contributed by atoms with E-state index in [-0.39, 0.29) is 0 Å². The van der Waals surface area contributed by atoms with Crippen molar-refractivity contribution in [2.45, 2.75) is 19.3 Å². The third-order valence-electron chi connectivity index (χ3n) is 2.77. The largest absolute Gasteiger partial charge is 0.315 e. The monoisotopic (exact) mass is 210 g/mol. The van der Waals surface area contributed by atoms with Crippen LogP contribution in [0.5, 0.6) is 0 Å². The predicted octanol–water partition coefficient (Wildman–Crippen LogP) is -0.401. The smallest absolute Gasteiger partial charge is 0.178 e. The zero-order valence-electron chi connectivity index (χ0n) is 9.11. The Morgan fingerprint density at radius 1 is 1.40 bits per heavy atom. The number of hydrogen-bond acceptors (Lipinski definition) is 5. The van der Waals surface area contributed by atoms with Crippen molar-refractivity contribution in [1.29, 1.82) is 0 Å². The molecule has 1 saturated heterocycles. The molecular weight excluding hydrogens is 192 g/mol. The molecule has 0 aromatic carbocycles. The molecular formula is C9H18N6. The van der Waals surface area contributed by atoms with Crippen molar-refractivity contribution in [3.05, 3.63) is 5.82 Å². The van der Waals surface area contributed by atoms with Crippen LogP contribution in [-0.4, -0.2) is 58.2 Å². The first kappa shape index (κ1) is 10.5. The van der Waals surface area contributed by atoms with Gasteiger partial charge in [-0.1, -0.05) is 12.1 Å². The van der Waals surface area contributed by atoms with Crippen molar-refractivity contribution in [2.75, 3.05) is 32.7 Å². The molecule has 2 rings (SSSR count). The number of rotatable bonds is 3. The lowest BCUT2D eigenvalue weighted by Gasteiger charge is -2.21. The predicted molar refractivity (Wildman–Crippen MR) is 56.5 cm³/mol. The molecule has 84 valence electrons. The SMILES string of the molecule is CC(CN1CCCNCC1)c1nn[nH]n1. The average Bonchev–Trinajstić information content (AvgIpc) is 2.65. The lowest BCUT2D eigenvalue weighted by Crippen LogP contribution is -2.31. The fourth-order valence-corrected chi connectivity index (χ4v) is 1.93. The van der Waals surface area contributed by atoms with Gasteiger partial charge in [-0.05, 0) is 19.5 Å². The Balaban J connectivity index is 1.84. The molecule has 15 heavy (non-hydrogen) atoms. The minimum absolute atomic E-state index is 0.349. The van der Waals surface area contributed by atoms with Crippen molar-refractivity contribution in [1.82, 2.24) is 30.8 Å². The molecule has 1 aliphatic heterocycles. The Kier molecular flexibility index (Phi) is 3.63. The summed E-state index contributed by atoms with van der Waals surface area (Å²) in [4.78, 5) is 2.46. The first-order valence-electron chi connectivity index (χ1n) is 5.52. The normalized spacial score (nSPS) is 21.1. The third kappa shape index (κ3) is 2.97. The van der Waals surface area contributed by atoms with E-state index in [1.54, 1.807) is 0 Å². The van der Waals surface area contributed by atoms with Crippen LogP contribution in [0.25, 0.3) is 0 Å². The van der Waals surface area contributed by atoms with Gasteiger partial charge in [-0.25, -0.2) is 0 Å². The number of H-pyrrole nitrogens is 1. The molecule has 0 amide bonds. The summed E-state index contributed by atoms with van der Waals surface area (Å²) in [5.41, 5.74) is 0. The highest BCUT2D eigenvalue weighted by Gasteiger charge is 2.16. The Bertz CT molecular complexity index is 264. The van der Waals surface area contributed by atoms with Crippen molar-refractivity contribution < 1.29 is 0 Å². The first-order chi connectivity index (χ1) is 7.36. The van der Waals surface area contributed by atoms with Gasteiger partial charge in [0.2, 0.25) is 0 Å². The maximum Gasteiger partial charge on any atom is 0.178 e. The van der Waals surface area contributed by atoms with E-state index in [0.29, 0.717) is 5.92 Å². The van der Waals surface area contributed by atoms with E-state index in [4.69, 9.17) is 0 Å². The molecule has 2 heterocycles. The van der Waals surface area contributed by atoms with Crippen LogP contribution in [0, 0.1) is 0 Å². The van der Waals surface area contributed by atoms with Crippen LogP contribution >= 0.6 is 0 Å². The van der Waals surface area contributed by atoms with Crippen LogP contribution < -0.4 is 5.32 Å². The van der Waals surface area contributed by atoms with Gasteiger partial charge in [0.15, 0.2) is 5.82 Å². The summed E-state index contributed by atoms with van der Waals surface area (Å²) in [5.74, 6) is 1.16. The highest BCUT2D eigenvalue weighted by Crippen LogP contribution is 2.10. The van der Waals surface area contributed by atoms with Crippen LogP contribution in [0.1, 0.15) is 25.1 Å². The van der Waals surface area contributed by atoms with Crippen LogP contribution in [0.3, 0.4) is 0 Å². The molecule has 1 aliphatic rings. The molecule has 1 unspecified atom stereocenters. The zero-order chi connectivity index (χ0) is 10.5. The lowest BCUT2D eigenvalue weighted by atomic mass is 10.1. The van der Waals surface area contributed by atoms with E-state index in [1.807, 2.05) is 0 Å². The second-order valence-electron chi connectivity index (χ2n) is 4.08. The Morgan fingerprint density at radius 3 is 3.13 bits per heavy atom. The summed E-state index contributed by atoms with van der Waals surface area (Å²) in [6.45, 7) is 7.65. The summed E-state index contributed by atoms with van der Waals surface area (Å²) < 4.78 is 0. The maximum absolute atomic E-state index is 4.02. The Morgan fingerprint density at radius 2 is 2.33 bits per heavy atom. The van der Waals surface area contributed by atoms with Gasteiger partial charge in [0.25, 0.3) is 0 Å². The molecule has 0 radical (unpaired) electrons. The highest BCUT2D eigenvalue weighted by atomic mass is 15.5. The van der Waals surface area contributed by atoms with Gasteiger partial charge in [0, 0.05) is 25.6 Å². The van der Waals surface area contributed by atoms with Gasteiger partial charge in [0.05, 0.1) is 0 Å². The molecule has 1 aromatic rings. The van der Waals surface area contributed by atoms with Crippen molar-refractivity contribution in [3.63, 3.8) is 0 Å². The summed E-state index contributed by atoms with van der Waals surface area (Å²) in [5, 5.41) is 17.5. The number of tetrazole rings is 1. The van der Waals surface area contributed by atoms with E-state index in [2.05, 4.69) is 37.8 Å². The summed E-state index contributed by atoms with van der Waals surface area (Å²) in [6, 6.07) is 0. The van der Waals surface area contributed by atoms with Gasteiger partial charge >= 0.3 is 0 Å². The van der Waals surface area contributed by atoms with Crippen molar-refractivity contribution >= 4 is 0 Å².